The lowest BCUT2D eigenvalue weighted by Gasteiger charge is -2.34. The van der Waals surface area contributed by atoms with Crippen molar-refractivity contribution in [2.45, 2.75) is 104 Å². The summed E-state index contributed by atoms with van der Waals surface area (Å²) in [5.41, 5.74) is 0.209. The molecule has 3 aliphatic rings. The van der Waals surface area contributed by atoms with E-state index in [-0.39, 0.29) is 29.8 Å². The van der Waals surface area contributed by atoms with Crippen LogP contribution < -0.4 is 0 Å². The van der Waals surface area contributed by atoms with Crippen LogP contribution in [0.4, 0.5) is 0 Å². The average Bonchev–Trinajstić information content (AvgIpc) is 3.66. The number of aliphatic hydroxyl groups excluding tert-OH is 2. The fourth-order valence-electron chi connectivity index (χ4n) is 5.97. The highest BCUT2D eigenvalue weighted by Crippen LogP contribution is 2.56. The molecule has 200 valence electrons. The van der Waals surface area contributed by atoms with Crippen molar-refractivity contribution in [1.29, 1.82) is 0 Å². The SMILES string of the molecule is CC(=Cc1csc(C)n1)[C@@H]1CC2OC2(C)CC2CC2[C@H](C)[C@H](O)[C@@H](C)C(=O)C(C)(C)[C@@H](O)CC(=O)O1. The van der Waals surface area contributed by atoms with Gasteiger partial charge in [-0.05, 0) is 63.0 Å². The monoisotopic (exact) mass is 519 g/mol. The summed E-state index contributed by atoms with van der Waals surface area (Å²) in [6.45, 7) is 13.0. The highest BCUT2D eigenvalue weighted by atomic mass is 32.1. The number of carbonyl (C=O) groups excluding carboxylic acids is 2. The molecular weight excluding hydrogens is 478 g/mol. The molecule has 2 aliphatic heterocycles. The van der Waals surface area contributed by atoms with Crippen molar-refractivity contribution in [3.63, 3.8) is 0 Å². The number of ether oxygens (including phenoxy) is 2. The minimum atomic E-state index is -1.22. The maximum absolute atomic E-state index is 13.3. The lowest BCUT2D eigenvalue weighted by atomic mass is 9.72. The minimum Gasteiger partial charge on any atom is -0.458 e. The number of esters is 1. The van der Waals surface area contributed by atoms with Crippen molar-refractivity contribution in [3.8, 4) is 0 Å². The summed E-state index contributed by atoms with van der Waals surface area (Å²) in [4.78, 5) is 30.8. The number of aliphatic hydroxyl groups is 2. The van der Waals surface area contributed by atoms with Gasteiger partial charge < -0.3 is 19.7 Å². The number of epoxide rings is 1. The zero-order valence-electron chi connectivity index (χ0n) is 22.5. The van der Waals surface area contributed by atoms with E-state index in [2.05, 4.69) is 11.9 Å². The van der Waals surface area contributed by atoms with E-state index in [0.717, 1.165) is 29.1 Å². The largest absolute Gasteiger partial charge is 0.458 e. The summed E-state index contributed by atoms with van der Waals surface area (Å²) in [5.74, 6) is -0.686. The van der Waals surface area contributed by atoms with Gasteiger partial charge in [0.1, 0.15) is 11.9 Å². The van der Waals surface area contributed by atoms with Crippen LogP contribution in [0.15, 0.2) is 11.0 Å². The number of thiazole rings is 1. The van der Waals surface area contributed by atoms with Crippen LogP contribution in [0.3, 0.4) is 0 Å². The highest BCUT2D eigenvalue weighted by Gasteiger charge is 2.58. The number of carbonyl (C=O) groups is 2. The predicted molar refractivity (Wildman–Crippen MR) is 138 cm³/mol. The van der Waals surface area contributed by atoms with Crippen LogP contribution >= 0.6 is 11.3 Å². The molecule has 1 saturated carbocycles. The van der Waals surface area contributed by atoms with Gasteiger partial charge in [0.2, 0.25) is 0 Å². The van der Waals surface area contributed by atoms with E-state index in [0.29, 0.717) is 18.3 Å². The normalized spacial score (nSPS) is 41.8. The maximum Gasteiger partial charge on any atom is 0.309 e. The molecule has 2 saturated heterocycles. The van der Waals surface area contributed by atoms with Crippen molar-refractivity contribution in [1.82, 2.24) is 4.98 Å². The van der Waals surface area contributed by atoms with Crippen LogP contribution in [-0.4, -0.2) is 57.0 Å². The van der Waals surface area contributed by atoms with Crippen molar-refractivity contribution in [3.05, 3.63) is 21.7 Å². The second-order valence-electron chi connectivity index (χ2n) is 12.1. The first-order valence-corrected chi connectivity index (χ1v) is 14.0. The highest BCUT2D eigenvalue weighted by molar-refractivity contribution is 7.09. The molecule has 4 unspecified atom stereocenters. The van der Waals surface area contributed by atoms with Gasteiger partial charge in [-0.3, -0.25) is 9.59 Å². The maximum atomic E-state index is 13.3. The Morgan fingerprint density at radius 3 is 2.53 bits per heavy atom. The Labute approximate surface area is 218 Å². The summed E-state index contributed by atoms with van der Waals surface area (Å²) in [6.07, 6.45) is 1.49. The molecule has 1 aliphatic carbocycles. The Kier molecular flexibility index (Phi) is 7.57. The quantitative estimate of drug-likeness (QED) is 0.442. The molecule has 0 amide bonds. The van der Waals surface area contributed by atoms with Gasteiger partial charge in [0.15, 0.2) is 0 Å². The molecular formula is C28H41NO6S. The Bertz CT molecular complexity index is 1030. The van der Waals surface area contributed by atoms with Crippen LogP contribution in [0.1, 0.15) is 77.9 Å². The number of hydrogen-bond acceptors (Lipinski definition) is 8. The second-order valence-corrected chi connectivity index (χ2v) is 13.2. The van der Waals surface area contributed by atoms with E-state index in [1.165, 1.54) is 0 Å². The van der Waals surface area contributed by atoms with Gasteiger partial charge in [-0.15, -0.1) is 11.3 Å². The fourth-order valence-corrected chi connectivity index (χ4v) is 6.54. The van der Waals surface area contributed by atoms with Crippen molar-refractivity contribution >= 4 is 29.2 Å². The molecule has 7 nitrogen and oxygen atoms in total. The van der Waals surface area contributed by atoms with Crippen LogP contribution in [0.5, 0.6) is 0 Å². The van der Waals surface area contributed by atoms with Crippen LogP contribution in [0.25, 0.3) is 6.08 Å². The predicted octanol–water partition coefficient (Wildman–Crippen LogP) is 4.33. The molecule has 3 heterocycles. The van der Waals surface area contributed by atoms with E-state index in [9.17, 15) is 19.8 Å². The van der Waals surface area contributed by atoms with Crippen molar-refractivity contribution < 1.29 is 29.3 Å². The Balaban J connectivity index is 1.59. The molecule has 0 radical (unpaired) electrons. The van der Waals surface area contributed by atoms with E-state index < -0.39 is 35.6 Å². The van der Waals surface area contributed by atoms with E-state index >= 15 is 0 Å². The summed E-state index contributed by atoms with van der Waals surface area (Å²) in [6, 6.07) is 0. The summed E-state index contributed by atoms with van der Waals surface area (Å²) < 4.78 is 12.1. The van der Waals surface area contributed by atoms with E-state index in [4.69, 9.17) is 9.47 Å². The number of cyclic esters (lactones) is 1. The van der Waals surface area contributed by atoms with Gasteiger partial charge in [-0.1, -0.05) is 27.7 Å². The molecule has 1 aromatic heterocycles. The summed E-state index contributed by atoms with van der Waals surface area (Å²) >= 11 is 1.56. The number of aromatic nitrogens is 1. The summed E-state index contributed by atoms with van der Waals surface area (Å²) in [7, 11) is 0. The van der Waals surface area contributed by atoms with Crippen LogP contribution in [0, 0.1) is 36.0 Å². The number of nitrogens with zero attached hydrogens (tertiary/aromatic N) is 1. The third kappa shape index (κ3) is 5.62. The molecule has 4 rings (SSSR count). The van der Waals surface area contributed by atoms with Gasteiger partial charge in [0.25, 0.3) is 0 Å². The molecule has 1 aromatic rings. The molecule has 3 fully saturated rings. The third-order valence-corrected chi connectivity index (χ3v) is 9.66. The smallest absolute Gasteiger partial charge is 0.309 e. The van der Waals surface area contributed by atoms with Gasteiger partial charge in [0, 0.05) is 17.7 Å². The fraction of sp³-hybridized carbons (Fsp3) is 0.750. The first kappa shape index (κ1) is 27.4. The minimum absolute atomic E-state index is 0.0277. The molecule has 0 spiro atoms. The van der Waals surface area contributed by atoms with Gasteiger partial charge >= 0.3 is 5.97 Å². The van der Waals surface area contributed by atoms with Gasteiger partial charge in [-0.25, -0.2) is 4.98 Å². The van der Waals surface area contributed by atoms with Crippen molar-refractivity contribution in [2.75, 3.05) is 0 Å². The Morgan fingerprint density at radius 1 is 1.19 bits per heavy atom. The molecule has 9 atom stereocenters. The summed E-state index contributed by atoms with van der Waals surface area (Å²) in [5, 5.41) is 24.9. The number of ketones is 1. The lowest BCUT2D eigenvalue weighted by molar-refractivity contribution is -0.154. The third-order valence-electron chi connectivity index (χ3n) is 8.87. The first-order chi connectivity index (χ1) is 16.7. The average molecular weight is 520 g/mol. The molecule has 36 heavy (non-hydrogen) atoms. The van der Waals surface area contributed by atoms with Crippen molar-refractivity contribution in [2.24, 2.45) is 29.1 Å². The second kappa shape index (κ2) is 9.93. The Morgan fingerprint density at radius 2 is 1.89 bits per heavy atom. The number of rotatable bonds is 2. The number of aryl methyl sites for hydroxylation is 1. The van der Waals surface area contributed by atoms with Gasteiger partial charge in [0.05, 0.1) is 46.5 Å². The number of Topliss-reactive ketones (excluding diaryl/α,β-unsaturated/α-hetero) is 1. The topological polar surface area (TPSA) is 109 Å². The molecule has 2 N–H and O–H groups in total. The van der Waals surface area contributed by atoms with Crippen LogP contribution in [-0.2, 0) is 19.1 Å². The Hall–Kier alpha value is -1.61. The first-order valence-electron chi connectivity index (χ1n) is 13.1. The standard InChI is InChI=1S/C28H41NO6S/c1-14(8-19-13-36-17(4)29-19)21-10-23-28(7,35-23)12-18-9-20(18)15(2)25(32)16(3)26(33)27(5,6)22(30)11-24(31)34-21/h8,13,15-16,18,20-23,25,30,32H,9-12H2,1-7H3/t15-,16+,18?,20?,21-,22-,23?,25-,28?/m0/s1. The molecule has 8 heteroatoms. The zero-order valence-corrected chi connectivity index (χ0v) is 23.3. The zero-order chi connectivity index (χ0) is 26.6. The van der Waals surface area contributed by atoms with E-state index in [1.807, 2.05) is 32.2 Å². The molecule has 0 bridgehead atoms. The molecule has 0 aromatic carbocycles. The van der Waals surface area contributed by atoms with Crippen LogP contribution in [0.2, 0.25) is 0 Å². The van der Waals surface area contributed by atoms with E-state index in [1.54, 1.807) is 32.1 Å². The van der Waals surface area contributed by atoms with Gasteiger partial charge in [-0.2, -0.15) is 0 Å². The lowest BCUT2D eigenvalue weighted by Crippen LogP contribution is -2.46. The number of fused-ring (bicyclic) bond motifs is 2. The number of hydrogen-bond donors (Lipinski definition) is 2.